The minimum Gasteiger partial charge on any atom is -0.414 e. The van der Waals surface area contributed by atoms with Crippen LogP contribution in [-0.2, 0) is 0 Å². The lowest BCUT2D eigenvalue weighted by Crippen LogP contribution is -1.77. The second-order valence-corrected chi connectivity index (χ2v) is 3.49. The van der Waals surface area contributed by atoms with Crippen molar-refractivity contribution in [2.24, 2.45) is 0 Å². The number of halogens is 1. The number of aldehydes is 1. The van der Waals surface area contributed by atoms with Crippen molar-refractivity contribution < 1.29 is 9.21 Å². The number of carbonyl (C=O) groups is 1. The third kappa shape index (κ3) is 1.72. The Hall–Kier alpha value is -1.49. The zero-order valence-electron chi connectivity index (χ0n) is 6.98. The molecule has 0 N–H and O–H groups in total. The maximum atomic E-state index is 10.3. The van der Waals surface area contributed by atoms with Crippen molar-refractivity contribution in [3.05, 3.63) is 34.6 Å². The van der Waals surface area contributed by atoms with Crippen LogP contribution in [-0.4, -0.2) is 16.5 Å². The molecule has 1 aromatic carbocycles. The van der Waals surface area contributed by atoms with Crippen molar-refractivity contribution in [1.82, 2.24) is 10.2 Å². The van der Waals surface area contributed by atoms with E-state index in [9.17, 15) is 4.79 Å². The molecule has 0 aliphatic rings. The Labute approximate surface area is 88.1 Å². The SMILES string of the molecule is O=Cc1nnc(-c2cccc(Br)c2)o1. The number of hydrogen-bond donors (Lipinski definition) is 0. The van der Waals surface area contributed by atoms with Crippen LogP contribution < -0.4 is 0 Å². The summed E-state index contributed by atoms with van der Waals surface area (Å²) in [5.74, 6) is 0.327. The van der Waals surface area contributed by atoms with Crippen LogP contribution in [0.15, 0.2) is 33.2 Å². The summed E-state index contributed by atoms with van der Waals surface area (Å²) >= 11 is 3.32. The van der Waals surface area contributed by atoms with E-state index in [2.05, 4.69) is 26.1 Å². The first-order valence-electron chi connectivity index (χ1n) is 3.84. The molecule has 0 saturated carbocycles. The van der Waals surface area contributed by atoms with Gasteiger partial charge < -0.3 is 4.42 Å². The summed E-state index contributed by atoms with van der Waals surface area (Å²) in [5, 5.41) is 7.27. The standard InChI is InChI=1S/C9H5BrN2O2/c10-7-3-1-2-6(4-7)9-12-11-8(5-13)14-9/h1-5H. The molecule has 0 aliphatic heterocycles. The second-order valence-electron chi connectivity index (χ2n) is 2.57. The molecule has 0 spiro atoms. The molecular weight excluding hydrogens is 248 g/mol. The van der Waals surface area contributed by atoms with E-state index in [0.717, 1.165) is 10.0 Å². The van der Waals surface area contributed by atoms with Gasteiger partial charge in [-0.05, 0) is 18.2 Å². The van der Waals surface area contributed by atoms with Crippen molar-refractivity contribution in [2.75, 3.05) is 0 Å². The highest BCUT2D eigenvalue weighted by molar-refractivity contribution is 9.10. The van der Waals surface area contributed by atoms with Crippen molar-refractivity contribution >= 4 is 22.2 Å². The number of nitrogens with zero attached hydrogens (tertiary/aromatic N) is 2. The van der Waals surface area contributed by atoms with E-state index < -0.39 is 0 Å². The summed E-state index contributed by atoms with van der Waals surface area (Å²) in [7, 11) is 0. The van der Waals surface area contributed by atoms with Gasteiger partial charge in [0.2, 0.25) is 12.2 Å². The zero-order chi connectivity index (χ0) is 9.97. The normalized spacial score (nSPS) is 10.1. The predicted molar refractivity (Wildman–Crippen MR) is 52.8 cm³/mol. The van der Waals surface area contributed by atoms with Crippen molar-refractivity contribution in [2.45, 2.75) is 0 Å². The summed E-state index contributed by atoms with van der Waals surface area (Å²) in [4.78, 5) is 10.3. The minimum absolute atomic E-state index is 0.0139. The summed E-state index contributed by atoms with van der Waals surface area (Å²) in [6.07, 6.45) is 0.522. The average molecular weight is 253 g/mol. The number of aromatic nitrogens is 2. The summed E-state index contributed by atoms with van der Waals surface area (Å²) in [6.45, 7) is 0. The molecule has 0 radical (unpaired) electrons. The molecular formula is C9H5BrN2O2. The molecule has 0 unspecified atom stereocenters. The van der Waals surface area contributed by atoms with Gasteiger partial charge in [0.15, 0.2) is 0 Å². The summed E-state index contributed by atoms with van der Waals surface area (Å²) < 4.78 is 5.98. The molecule has 0 saturated heterocycles. The van der Waals surface area contributed by atoms with Crippen LogP contribution in [0.1, 0.15) is 10.7 Å². The van der Waals surface area contributed by atoms with Gasteiger partial charge in [-0.15, -0.1) is 10.2 Å². The van der Waals surface area contributed by atoms with E-state index in [4.69, 9.17) is 4.42 Å². The molecule has 0 bridgehead atoms. The molecule has 1 aromatic heterocycles. The van der Waals surface area contributed by atoms with E-state index in [1.807, 2.05) is 24.3 Å². The third-order valence-electron chi connectivity index (χ3n) is 1.61. The Balaban J connectivity index is 2.43. The van der Waals surface area contributed by atoms with Crippen LogP contribution in [0.4, 0.5) is 0 Å². The lowest BCUT2D eigenvalue weighted by atomic mass is 10.2. The number of rotatable bonds is 2. The van der Waals surface area contributed by atoms with Crippen LogP contribution in [0.25, 0.3) is 11.5 Å². The topological polar surface area (TPSA) is 56.0 Å². The number of carbonyl (C=O) groups excluding carboxylic acids is 1. The Morgan fingerprint density at radius 3 is 2.86 bits per heavy atom. The van der Waals surface area contributed by atoms with Gasteiger partial charge in [0.05, 0.1) is 0 Å². The molecule has 2 rings (SSSR count). The number of benzene rings is 1. The van der Waals surface area contributed by atoms with Gasteiger partial charge in [0.1, 0.15) is 0 Å². The second kappa shape index (κ2) is 3.71. The van der Waals surface area contributed by atoms with Gasteiger partial charge in [-0.2, -0.15) is 0 Å². The molecule has 70 valence electrons. The maximum absolute atomic E-state index is 10.3. The highest BCUT2D eigenvalue weighted by Gasteiger charge is 2.07. The first kappa shape index (κ1) is 9.08. The van der Waals surface area contributed by atoms with E-state index >= 15 is 0 Å². The fourth-order valence-corrected chi connectivity index (χ4v) is 1.42. The van der Waals surface area contributed by atoms with Gasteiger partial charge >= 0.3 is 0 Å². The largest absolute Gasteiger partial charge is 0.414 e. The Bertz CT molecular complexity index is 467. The highest BCUT2D eigenvalue weighted by atomic mass is 79.9. The van der Waals surface area contributed by atoms with Gasteiger partial charge in [0.25, 0.3) is 5.89 Å². The summed E-state index contributed by atoms with van der Waals surface area (Å²) in [6, 6.07) is 7.40. The van der Waals surface area contributed by atoms with Gasteiger partial charge in [-0.1, -0.05) is 22.0 Å². The zero-order valence-corrected chi connectivity index (χ0v) is 8.56. The molecule has 0 aliphatic carbocycles. The Morgan fingerprint density at radius 2 is 2.21 bits per heavy atom. The Kier molecular flexibility index (Phi) is 2.41. The lowest BCUT2D eigenvalue weighted by molar-refractivity contribution is 0.109. The highest BCUT2D eigenvalue weighted by Crippen LogP contribution is 2.21. The van der Waals surface area contributed by atoms with Gasteiger partial charge in [-0.25, -0.2) is 0 Å². The van der Waals surface area contributed by atoms with Gasteiger partial charge in [0, 0.05) is 10.0 Å². The molecule has 1 heterocycles. The van der Waals surface area contributed by atoms with Crippen molar-refractivity contribution in [3.63, 3.8) is 0 Å². The first-order valence-corrected chi connectivity index (χ1v) is 4.63. The summed E-state index contributed by atoms with van der Waals surface area (Å²) in [5.41, 5.74) is 0.778. The molecule has 4 nitrogen and oxygen atoms in total. The molecule has 2 aromatic rings. The molecule has 0 atom stereocenters. The predicted octanol–water partition coefficient (Wildman–Crippen LogP) is 2.31. The van der Waals surface area contributed by atoms with E-state index in [1.54, 1.807) is 0 Å². The first-order chi connectivity index (χ1) is 6.79. The quantitative estimate of drug-likeness (QED) is 0.770. The van der Waals surface area contributed by atoms with Crippen LogP contribution in [0.3, 0.4) is 0 Å². The molecule has 14 heavy (non-hydrogen) atoms. The van der Waals surface area contributed by atoms with E-state index in [-0.39, 0.29) is 5.89 Å². The molecule has 0 amide bonds. The Morgan fingerprint density at radius 1 is 1.36 bits per heavy atom. The van der Waals surface area contributed by atoms with Crippen molar-refractivity contribution in [3.8, 4) is 11.5 Å². The van der Waals surface area contributed by atoms with Crippen molar-refractivity contribution in [1.29, 1.82) is 0 Å². The minimum atomic E-state index is -0.0139. The lowest BCUT2D eigenvalue weighted by Gasteiger charge is -1.93. The van der Waals surface area contributed by atoms with Crippen LogP contribution in [0, 0.1) is 0 Å². The monoisotopic (exact) mass is 252 g/mol. The van der Waals surface area contributed by atoms with Crippen LogP contribution in [0.5, 0.6) is 0 Å². The number of hydrogen-bond acceptors (Lipinski definition) is 4. The third-order valence-corrected chi connectivity index (χ3v) is 2.11. The average Bonchev–Trinajstić information content (AvgIpc) is 2.66. The van der Waals surface area contributed by atoms with Crippen LogP contribution >= 0.6 is 15.9 Å². The van der Waals surface area contributed by atoms with E-state index in [1.165, 1.54) is 0 Å². The van der Waals surface area contributed by atoms with Gasteiger partial charge in [-0.3, -0.25) is 4.79 Å². The fraction of sp³-hybridized carbons (Fsp3) is 0. The fourth-order valence-electron chi connectivity index (χ4n) is 1.02. The molecule has 0 fully saturated rings. The molecule has 5 heteroatoms. The van der Waals surface area contributed by atoms with Crippen LogP contribution in [0.2, 0.25) is 0 Å². The smallest absolute Gasteiger partial charge is 0.280 e. The maximum Gasteiger partial charge on any atom is 0.280 e. The van der Waals surface area contributed by atoms with E-state index in [0.29, 0.717) is 12.2 Å².